The van der Waals surface area contributed by atoms with Crippen LogP contribution in [-0.4, -0.2) is 66.3 Å². The normalized spacial score (nSPS) is 20.8. The highest BCUT2D eigenvalue weighted by atomic mass is 32.2. The van der Waals surface area contributed by atoms with Crippen LogP contribution in [0.15, 0.2) is 66.1 Å². The summed E-state index contributed by atoms with van der Waals surface area (Å²) in [6.45, 7) is 4.24. The van der Waals surface area contributed by atoms with E-state index in [9.17, 15) is 23.1 Å². The first-order chi connectivity index (χ1) is 15.8. The van der Waals surface area contributed by atoms with E-state index in [4.69, 9.17) is 0 Å². The zero-order valence-corrected chi connectivity index (χ0v) is 19.0. The number of rotatable bonds is 6. The molecule has 9 heteroatoms. The quantitative estimate of drug-likeness (QED) is 0.621. The Balaban J connectivity index is 1.48. The van der Waals surface area contributed by atoms with E-state index in [-0.39, 0.29) is 29.9 Å². The Hall–Kier alpha value is -3.01. The standard InChI is InChI=1S/C24H27N3O5S/c1-2-23(29)25-20-13-21(16-28)27(15-20)33(31,32)22-9-7-18(8-10-22)24(30)26-12-11-17-5-3-4-6-19(17)14-26/h2-10,20-21,28H,1,11-16H2,(H,25,29). The fourth-order valence-corrected chi connectivity index (χ4v) is 6.14. The molecule has 2 heterocycles. The van der Waals surface area contributed by atoms with Crippen LogP contribution in [0, 0.1) is 0 Å². The second-order valence-electron chi connectivity index (χ2n) is 8.33. The molecule has 8 nitrogen and oxygen atoms in total. The minimum atomic E-state index is -3.91. The van der Waals surface area contributed by atoms with Gasteiger partial charge < -0.3 is 15.3 Å². The lowest BCUT2D eigenvalue weighted by molar-refractivity contribution is -0.117. The molecule has 4 rings (SSSR count). The van der Waals surface area contributed by atoms with E-state index in [0.29, 0.717) is 25.1 Å². The van der Waals surface area contributed by atoms with Crippen LogP contribution in [0.5, 0.6) is 0 Å². The molecule has 0 aromatic heterocycles. The molecule has 174 valence electrons. The van der Waals surface area contributed by atoms with Gasteiger partial charge in [0.25, 0.3) is 5.91 Å². The molecule has 1 saturated heterocycles. The van der Waals surface area contributed by atoms with Crippen molar-refractivity contribution in [3.05, 3.63) is 77.9 Å². The minimum Gasteiger partial charge on any atom is -0.395 e. The van der Waals surface area contributed by atoms with Crippen molar-refractivity contribution in [3.63, 3.8) is 0 Å². The zero-order valence-electron chi connectivity index (χ0n) is 18.2. The zero-order chi connectivity index (χ0) is 23.6. The lowest BCUT2D eigenvalue weighted by Gasteiger charge is -2.29. The Morgan fingerprint density at radius 2 is 1.82 bits per heavy atom. The maximum atomic E-state index is 13.2. The number of aliphatic hydroxyl groups is 1. The predicted molar refractivity (Wildman–Crippen MR) is 123 cm³/mol. The number of nitrogens with one attached hydrogen (secondary N) is 1. The van der Waals surface area contributed by atoms with Crippen LogP contribution in [0.2, 0.25) is 0 Å². The summed E-state index contributed by atoms with van der Waals surface area (Å²) < 4.78 is 27.6. The first-order valence-corrected chi connectivity index (χ1v) is 12.3. The van der Waals surface area contributed by atoms with Crippen molar-refractivity contribution in [2.24, 2.45) is 0 Å². The maximum Gasteiger partial charge on any atom is 0.254 e. The fourth-order valence-electron chi connectivity index (χ4n) is 4.47. The molecule has 2 aromatic rings. The minimum absolute atomic E-state index is 0.0391. The van der Waals surface area contributed by atoms with Crippen LogP contribution in [0.25, 0.3) is 0 Å². The Labute approximate surface area is 193 Å². The molecule has 2 atom stereocenters. The predicted octanol–water partition coefficient (Wildman–Crippen LogP) is 1.31. The van der Waals surface area contributed by atoms with Gasteiger partial charge in [0.15, 0.2) is 0 Å². The summed E-state index contributed by atoms with van der Waals surface area (Å²) in [6.07, 6.45) is 2.22. The van der Waals surface area contributed by atoms with E-state index in [2.05, 4.69) is 18.0 Å². The molecule has 0 aliphatic carbocycles. The highest BCUT2D eigenvalue weighted by Crippen LogP contribution is 2.27. The van der Waals surface area contributed by atoms with Gasteiger partial charge in [-0.15, -0.1) is 0 Å². The summed E-state index contributed by atoms with van der Waals surface area (Å²) in [7, 11) is -3.91. The molecular weight excluding hydrogens is 442 g/mol. The number of nitrogens with zero attached hydrogens (tertiary/aromatic N) is 2. The monoisotopic (exact) mass is 469 g/mol. The number of carbonyl (C=O) groups is 2. The van der Waals surface area contributed by atoms with Crippen LogP contribution in [-0.2, 0) is 27.8 Å². The van der Waals surface area contributed by atoms with Gasteiger partial charge in [0.05, 0.1) is 17.5 Å². The van der Waals surface area contributed by atoms with Gasteiger partial charge in [-0.25, -0.2) is 8.42 Å². The van der Waals surface area contributed by atoms with Crippen molar-refractivity contribution in [1.29, 1.82) is 0 Å². The van der Waals surface area contributed by atoms with Crippen LogP contribution in [0.4, 0.5) is 0 Å². The highest BCUT2D eigenvalue weighted by molar-refractivity contribution is 7.89. The molecule has 2 aliphatic rings. The SMILES string of the molecule is C=CC(=O)NC1CC(CO)N(S(=O)(=O)c2ccc(C(=O)N3CCc4ccccc4C3)cc2)C1. The van der Waals surface area contributed by atoms with Gasteiger partial charge in [-0.3, -0.25) is 9.59 Å². The van der Waals surface area contributed by atoms with Gasteiger partial charge in [0, 0.05) is 31.2 Å². The van der Waals surface area contributed by atoms with Gasteiger partial charge in [-0.2, -0.15) is 4.31 Å². The van der Waals surface area contributed by atoms with Crippen LogP contribution >= 0.6 is 0 Å². The van der Waals surface area contributed by atoms with Crippen LogP contribution < -0.4 is 5.32 Å². The molecule has 0 spiro atoms. The first-order valence-electron chi connectivity index (χ1n) is 10.8. The van der Waals surface area contributed by atoms with Crippen molar-refractivity contribution >= 4 is 21.8 Å². The molecular formula is C24H27N3O5S. The fraction of sp³-hybridized carbons (Fsp3) is 0.333. The smallest absolute Gasteiger partial charge is 0.254 e. The average Bonchev–Trinajstić information content (AvgIpc) is 3.27. The summed E-state index contributed by atoms with van der Waals surface area (Å²) in [4.78, 5) is 26.4. The maximum absolute atomic E-state index is 13.2. The molecule has 1 fully saturated rings. The van der Waals surface area contributed by atoms with E-state index < -0.39 is 22.1 Å². The molecule has 2 unspecified atom stereocenters. The summed E-state index contributed by atoms with van der Waals surface area (Å²) in [5.74, 6) is -0.533. The summed E-state index contributed by atoms with van der Waals surface area (Å²) in [5, 5.41) is 12.4. The second kappa shape index (κ2) is 9.46. The summed E-state index contributed by atoms with van der Waals surface area (Å²) in [6, 6.07) is 12.9. The lowest BCUT2D eigenvalue weighted by atomic mass is 9.99. The number of fused-ring (bicyclic) bond motifs is 1. The molecule has 2 aromatic carbocycles. The Kier molecular flexibility index (Phi) is 6.64. The second-order valence-corrected chi connectivity index (χ2v) is 10.2. The molecule has 0 bridgehead atoms. The number of hydrogen-bond donors (Lipinski definition) is 2. The van der Waals surface area contributed by atoms with Crippen LogP contribution in [0.3, 0.4) is 0 Å². The third kappa shape index (κ3) is 4.71. The Morgan fingerprint density at radius 1 is 1.12 bits per heavy atom. The first kappa shape index (κ1) is 23.2. The number of carbonyl (C=O) groups excluding carboxylic acids is 2. The van der Waals surface area contributed by atoms with Gasteiger partial charge in [-0.1, -0.05) is 30.8 Å². The summed E-state index contributed by atoms with van der Waals surface area (Å²) >= 11 is 0. The number of benzene rings is 2. The number of sulfonamides is 1. The molecule has 2 amide bonds. The third-order valence-corrected chi connectivity index (χ3v) is 8.17. The molecule has 2 aliphatic heterocycles. The lowest BCUT2D eigenvalue weighted by Crippen LogP contribution is -2.39. The topological polar surface area (TPSA) is 107 Å². The molecule has 0 radical (unpaired) electrons. The number of amides is 2. The largest absolute Gasteiger partial charge is 0.395 e. The van der Waals surface area contributed by atoms with Gasteiger partial charge >= 0.3 is 0 Å². The van der Waals surface area contributed by atoms with E-state index >= 15 is 0 Å². The number of hydrogen-bond acceptors (Lipinski definition) is 5. The Morgan fingerprint density at radius 3 is 2.48 bits per heavy atom. The third-order valence-electron chi connectivity index (χ3n) is 6.23. The van der Waals surface area contributed by atoms with Crippen molar-refractivity contribution in [2.75, 3.05) is 19.7 Å². The van der Waals surface area contributed by atoms with E-state index in [0.717, 1.165) is 18.1 Å². The van der Waals surface area contributed by atoms with Crippen molar-refractivity contribution in [3.8, 4) is 0 Å². The van der Waals surface area contributed by atoms with E-state index in [1.54, 1.807) is 4.90 Å². The summed E-state index contributed by atoms with van der Waals surface area (Å²) in [5.41, 5.74) is 2.79. The van der Waals surface area contributed by atoms with Gasteiger partial charge in [0.2, 0.25) is 15.9 Å². The van der Waals surface area contributed by atoms with Crippen molar-refractivity contribution in [1.82, 2.24) is 14.5 Å². The highest BCUT2D eigenvalue weighted by Gasteiger charge is 2.40. The van der Waals surface area contributed by atoms with Crippen molar-refractivity contribution in [2.45, 2.75) is 36.4 Å². The van der Waals surface area contributed by atoms with Gasteiger partial charge in [0.1, 0.15) is 0 Å². The molecule has 33 heavy (non-hydrogen) atoms. The van der Waals surface area contributed by atoms with Gasteiger partial charge in [-0.05, 0) is 54.3 Å². The number of aliphatic hydroxyl groups excluding tert-OH is 1. The van der Waals surface area contributed by atoms with E-state index in [1.807, 2.05) is 18.2 Å². The Bertz CT molecular complexity index is 1160. The van der Waals surface area contributed by atoms with E-state index in [1.165, 1.54) is 34.1 Å². The molecule has 0 saturated carbocycles. The van der Waals surface area contributed by atoms with Crippen molar-refractivity contribution < 1.29 is 23.1 Å². The van der Waals surface area contributed by atoms with Crippen LogP contribution in [0.1, 0.15) is 27.9 Å². The average molecular weight is 470 g/mol. The molecule has 2 N–H and O–H groups in total.